The van der Waals surface area contributed by atoms with Crippen molar-refractivity contribution in [3.8, 4) is 0 Å². The van der Waals surface area contributed by atoms with Crippen LogP contribution in [0.4, 0.5) is 0 Å². The fourth-order valence-electron chi connectivity index (χ4n) is 3.09. The first-order valence-electron chi connectivity index (χ1n) is 6.98. The molecule has 0 spiro atoms. The van der Waals surface area contributed by atoms with Crippen LogP contribution in [0, 0.1) is 0 Å². The smallest absolute Gasteiger partial charge is 0.254 e. The van der Waals surface area contributed by atoms with Gasteiger partial charge in [0.2, 0.25) is 5.91 Å². The Morgan fingerprint density at radius 3 is 2.85 bits per heavy atom. The number of hydrogen-bond acceptors (Lipinski definition) is 2. The molecular weight excluding hydrogens is 252 g/mol. The molecule has 4 nitrogen and oxygen atoms in total. The van der Waals surface area contributed by atoms with Crippen molar-refractivity contribution < 1.29 is 9.59 Å². The average Bonchev–Trinajstić information content (AvgIpc) is 2.95. The van der Waals surface area contributed by atoms with E-state index in [1.165, 1.54) is 0 Å². The average molecular weight is 270 g/mol. The standard InChI is InChI=1S/C16H18N2O2/c1-2-9-18-13(7-8-15(18)19)11-17-10-12-5-3-4-6-14(12)16(17)20/h2-6,13H,1,7-11H2/t13-/m0/s1. The molecule has 0 radical (unpaired) electrons. The highest BCUT2D eigenvalue weighted by Gasteiger charge is 2.35. The Bertz CT molecular complexity index is 567. The molecule has 2 heterocycles. The summed E-state index contributed by atoms with van der Waals surface area (Å²) in [5.41, 5.74) is 1.88. The SMILES string of the molecule is C=CCN1C(=O)CC[C@H]1CN1Cc2ccccc2C1=O. The molecule has 2 aliphatic rings. The highest BCUT2D eigenvalue weighted by molar-refractivity contribution is 5.98. The van der Waals surface area contributed by atoms with Crippen molar-refractivity contribution in [1.29, 1.82) is 0 Å². The van der Waals surface area contributed by atoms with Gasteiger partial charge in [-0.2, -0.15) is 0 Å². The summed E-state index contributed by atoms with van der Waals surface area (Å²) in [4.78, 5) is 27.8. The summed E-state index contributed by atoms with van der Waals surface area (Å²) >= 11 is 0. The zero-order valence-corrected chi connectivity index (χ0v) is 11.4. The zero-order valence-electron chi connectivity index (χ0n) is 11.4. The van der Waals surface area contributed by atoms with Crippen LogP contribution in [-0.4, -0.2) is 40.7 Å². The van der Waals surface area contributed by atoms with Crippen molar-refractivity contribution in [2.75, 3.05) is 13.1 Å². The predicted molar refractivity (Wildman–Crippen MR) is 76.1 cm³/mol. The number of fused-ring (bicyclic) bond motifs is 1. The molecule has 104 valence electrons. The van der Waals surface area contributed by atoms with E-state index in [9.17, 15) is 9.59 Å². The van der Waals surface area contributed by atoms with E-state index in [0.29, 0.717) is 26.1 Å². The molecule has 1 aromatic carbocycles. The molecule has 4 heteroatoms. The second-order valence-corrected chi connectivity index (χ2v) is 5.37. The van der Waals surface area contributed by atoms with Crippen molar-refractivity contribution in [3.63, 3.8) is 0 Å². The highest BCUT2D eigenvalue weighted by Crippen LogP contribution is 2.26. The van der Waals surface area contributed by atoms with Gasteiger partial charge in [0.25, 0.3) is 5.91 Å². The Morgan fingerprint density at radius 1 is 1.30 bits per heavy atom. The highest BCUT2D eigenvalue weighted by atomic mass is 16.2. The van der Waals surface area contributed by atoms with E-state index in [-0.39, 0.29) is 17.9 Å². The van der Waals surface area contributed by atoms with Crippen molar-refractivity contribution >= 4 is 11.8 Å². The van der Waals surface area contributed by atoms with Gasteiger partial charge in [0.1, 0.15) is 0 Å². The van der Waals surface area contributed by atoms with Gasteiger partial charge in [0.15, 0.2) is 0 Å². The number of carbonyl (C=O) groups excluding carboxylic acids is 2. The first-order valence-corrected chi connectivity index (χ1v) is 6.98. The molecule has 20 heavy (non-hydrogen) atoms. The number of hydrogen-bond donors (Lipinski definition) is 0. The maximum absolute atomic E-state index is 12.3. The molecule has 0 unspecified atom stereocenters. The quantitative estimate of drug-likeness (QED) is 0.783. The lowest BCUT2D eigenvalue weighted by atomic mass is 10.1. The van der Waals surface area contributed by atoms with E-state index in [1.807, 2.05) is 34.1 Å². The summed E-state index contributed by atoms with van der Waals surface area (Å²) in [5.74, 6) is 0.248. The minimum Gasteiger partial charge on any atom is -0.334 e. The topological polar surface area (TPSA) is 40.6 Å². The summed E-state index contributed by atoms with van der Waals surface area (Å²) in [6.45, 7) is 5.54. The molecule has 1 atom stereocenters. The second kappa shape index (κ2) is 5.12. The number of benzene rings is 1. The van der Waals surface area contributed by atoms with Gasteiger partial charge >= 0.3 is 0 Å². The Morgan fingerprint density at radius 2 is 2.10 bits per heavy atom. The van der Waals surface area contributed by atoms with Crippen LogP contribution in [0.5, 0.6) is 0 Å². The first-order chi connectivity index (χ1) is 9.70. The van der Waals surface area contributed by atoms with Crippen molar-refractivity contribution in [1.82, 2.24) is 9.80 Å². The molecule has 0 bridgehead atoms. The van der Waals surface area contributed by atoms with E-state index in [1.54, 1.807) is 6.08 Å². The van der Waals surface area contributed by atoms with Crippen LogP contribution in [0.25, 0.3) is 0 Å². The van der Waals surface area contributed by atoms with Crippen LogP contribution < -0.4 is 0 Å². The number of nitrogens with zero attached hydrogens (tertiary/aromatic N) is 2. The van der Waals surface area contributed by atoms with Crippen molar-refractivity contribution in [2.24, 2.45) is 0 Å². The molecule has 0 N–H and O–H groups in total. The van der Waals surface area contributed by atoms with Gasteiger partial charge in [0, 0.05) is 31.6 Å². The Balaban J connectivity index is 1.72. The third-order valence-corrected chi connectivity index (χ3v) is 4.11. The minimum atomic E-state index is 0.0819. The minimum absolute atomic E-state index is 0.0819. The number of carbonyl (C=O) groups is 2. The number of likely N-dealkylation sites (tertiary alicyclic amines) is 1. The summed E-state index contributed by atoms with van der Waals surface area (Å²) in [6.07, 6.45) is 3.15. The monoisotopic (exact) mass is 270 g/mol. The maximum Gasteiger partial charge on any atom is 0.254 e. The number of rotatable bonds is 4. The molecule has 3 rings (SSSR count). The number of amides is 2. The van der Waals surface area contributed by atoms with Crippen molar-refractivity contribution in [3.05, 3.63) is 48.0 Å². The van der Waals surface area contributed by atoms with E-state index >= 15 is 0 Å². The van der Waals surface area contributed by atoms with E-state index in [2.05, 4.69) is 6.58 Å². The third kappa shape index (κ3) is 2.11. The third-order valence-electron chi connectivity index (χ3n) is 4.11. The maximum atomic E-state index is 12.3. The fraction of sp³-hybridized carbons (Fsp3) is 0.375. The van der Waals surface area contributed by atoms with Crippen LogP contribution >= 0.6 is 0 Å². The van der Waals surface area contributed by atoms with E-state index in [0.717, 1.165) is 17.5 Å². The Hall–Kier alpha value is -2.10. The first kappa shape index (κ1) is 12.9. The Labute approximate surface area is 118 Å². The summed E-state index contributed by atoms with van der Waals surface area (Å²) < 4.78 is 0. The van der Waals surface area contributed by atoms with E-state index < -0.39 is 0 Å². The molecule has 0 aliphatic carbocycles. The zero-order chi connectivity index (χ0) is 14.1. The second-order valence-electron chi connectivity index (χ2n) is 5.37. The van der Waals surface area contributed by atoms with Crippen LogP contribution in [0.15, 0.2) is 36.9 Å². The lowest BCUT2D eigenvalue weighted by Gasteiger charge is -2.27. The van der Waals surface area contributed by atoms with Gasteiger partial charge in [-0.1, -0.05) is 24.3 Å². The lowest BCUT2D eigenvalue weighted by Crippen LogP contribution is -2.42. The molecule has 1 fully saturated rings. The molecule has 1 saturated heterocycles. The largest absolute Gasteiger partial charge is 0.334 e. The molecule has 1 aromatic rings. The predicted octanol–water partition coefficient (Wildman–Crippen LogP) is 1.82. The van der Waals surface area contributed by atoms with Crippen LogP contribution in [-0.2, 0) is 11.3 Å². The summed E-state index contributed by atoms with van der Waals surface area (Å²) in [7, 11) is 0. The molecule has 2 aliphatic heterocycles. The molecule has 0 saturated carbocycles. The van der Waals surface area contributed by atoms with Gasteiger partial charge in [0.05, 0.1) is 6.04 Å². The van der Waals surface area contributed by atoms with Gasteiger partial charge in [-0.25, -0.2) is 0 Å². The normalized spacial score (nSPS) is 21.5. The fourth-order valence-corrected chi connectivity index (χ4v) is 3.09. The molecule has 0 aromatic heterocycles. The van der Waals surface area contributed by atoms with Gasteiger partial charge < -0.3 is 9.80 Å². The lowest BCUT2D eigenvalue weighted by molar-refractivity contribution is -0.128. The summed E-state index contributed by atoms with van der Waals surface area (Å²) in [5, 5.41) is 0. The van der Waals surface area contributed by atoms with Gasteiger partial charge in [-0.05, 0) is 18.1 Å². The van der Waals surface area contributed by atoms with Crippen LogP contribution in [0.1, 0.15) is 28.8 Å². The van der Waals surface area contributed by atoms with Crippen LogP contribution in [0.2, 0.25) is 0 Å². The van der Waals surface area contributed by atoms with E-state index in [4.69, 9.17) is 0 Å². The van der Waals surface area contributed by atoms with Crippen molar-refractivity contribution in [2.45, 2.75) is 25.4 Å². The van der Waals surface area contributed by atoms with Gasteiger partial charge in [-0.15, -0.1) is 6.58 Å². The van der Waals surface area contributed by atoms with Crippen LogP contribution in [0.3, 0.4) is 0 Å². The molecular formula is C16H18N2O2. The Kier molecular flexibility index (Phi) is 3.30. The van der Waals surface area contributed by atoms with Gasteiger partial charge in [-0.3, -0.25) is 9.59 Å². The summed E-state index contributed by atoms with van der Waals surface area (Å²) in [6, 6.07) is 7.84. The molecule has 2 amide bonds.